The summed E-state index contributed by atoms with van der Waals surface area (Å²) in [5, 5.41) is 0. The molecular formula is H3FNP3. The van der Waals surface area contributed by atoms with Crippen molar-refractivity contribution in [2.75, 3.05) is 0 Å². The van der Waals surface area contributed by atoms with Gasteiger partial charge >= 0.3 is 33.5 Å². The summed E-state index contributed by atoms with van der Waals surface area (Å²) < 4.78 is 11.0. The van der Waals surface area contributed by atoms with Crippen LogP contribution in [0.3, 0.4) is 0 Å². The zero-order valence-electron chi connectivity index (χ0n) is 2.35. The van der Waals surface area contributed by atoms with E-state index in [0.717, 1.165) is 0 Å². The first kappa shape index (κ1) is 6.05. The third-order valence-corrected chi connectivity index (χ3v) is 1.46. The quantitative estimate of drug-likeness (QED) is 0.498. The summed E-state index contributed by atoms with van der Waals surface area (Å²) in [6.07, 6.45) is 0. The fourth-order valence-electron chi connectivity index (χ4n) is 0. The molecule has 0 saturated heterocycles. The average molecular weight is 129 g/mol. The second kappa shape index (κ2) is 3.25. The van der Waals surface area contributed by atoms with Gasteiger partial charge in [0.1, 0.15) is 0 Å². The van der Waals surface area contributed by atoms with Crippen LogP contribution in [0.1, 0.15) is 0 Å². The number of hydrogen-bond acceptors (Lipinski definition) is 1. The summed E-state index contributed by atoms with van der Waals surface area (Å²) in [6, 6.07) is 0. The van der Waals surface area contributed by atoms with Crippen molar-refractivity contribution in [2.24, 2.45) is 5.50 Å². The van der Waals surface area contributed by atoms with Crippen molar-refractivity contribution in [2.45, 2.75) is 0 Å². The Morgan fingerprint density at radius 2 is 2.20 bits per heavy atom. The summed E-state index contributed by atoms with van der Waals surface area (Å²) in [4.78, 5) is 0. The first-order valence-electron chi connectivity index (χ1n) is 0.871. The van der Waals surface area contributed by atoms with Crippen LogP contribution in [-0.4, -0.2) is 0 Å². The molecule has 0 amide bonds. The molecule has 0 fully saturated rings. The molecule has 0 radical (unpaired) electrons. The van der Waals surface area contributed by atoms with Crippen molar-refractivity contribution in [3.05, 3.63) is 0 Å². The van der Waals surface area contributed by atoms with Crippen LogP contribution in [0.25, 0.3) is 0 Å². The Bertz CT molecular complexity index is 68.7. The Labute approximate surface area is 34.4 Å². The zero-order valence-corrected chi connectivity index (χ0v) is 5.14. The third-order valence-electron chi connectivity index (χ3n) is 0.0866. The predicted octanol–water partition coefficient (Wildman–Crippen LogP) is 2.15. The van der Waals surface area contributed by atoms with Crippen molar-refractivity contribution in [3.8, 4) is 0 Å². The Morgan fingerprint density at radius 1 is 2.00 bits per heavy atom. The van der Waals surface area contributed by atoms with Gasteiger partial charge in [-0.1, -0.05) is 0 Å². The molecular weight excluding hydrogens is 126 g/mol. The van der Waals surface area contributed by atoms with Crippen LogP contribution in [0.15, 0.2) is 0 Å². The standard InChI is InChI=1S/FH3NP3/c1-4-5(2)3/h4H,2H2. The molecule has 0 aliphatic heterocycles. The average Bonchev–Trinajstić information content (AvgIpc) is 1.38. The van der Waals surface area contributed by atoms with E-state index < -0.39 is 15.4 Å². The molecule has 2 unspecified atom stereocenters. The zero-order chi connectivity index (χ0) is 4.28. The van der Waals surface area contributed by atoms with Gasteiger partial charge in [-0.15, -0.1) is 0 Å². The molecule has 0 heterocycles. The van der Waals surface area contributed by atoms with Crippen molar-refractivity contribution in [3.63, 3.8) is 0 Å². The van der Waals surface area contributed by atoms with E-state index in [1.54, 1.807) is 0 Å². The molecule has 2 atom stereocenters. The molecule has 0 bridgehead atoms. The summed E-state index contributed by atoms with van der Waals surface area (Å²) >= 11 is 0. The molecule has 0 rings (SSSR count). The van der Waals surface area contributed by atoms with E-state index in [-0.39, 0.29) is 0 Å². The van der Waals surface area contributed by atoms with Gasteiger partial charge in [0.05, 0.1) is 0 Å². The van der Waals surface area contributed by atoms with Gasteiger partial charge in [0.2, 0.25) is 0 Å². The first-order valence-corrected chi connectivity index (χ1v) is 5.15. The molecule has 0 aromatic heterocycles. The molecule has 0 saturated carbocycles. The Morgan fingerprint density at radius 3 is 2.20 bits per heavy atom. The van der Waals surface area contributed by atoms with Crippen LogP contribution in [0, 0.1) is 0 Å². The molecule has 2 N–H and O–H groups in total. The normalized spacial score (nSPS) is 13.4. The predicted molar refractivity (Wildman–Crippen MR) is 27.5 cm³/mol. The fourth-order valence-corrected chi connectivity index (χ4v) is 0. The fraction of sp³-hybridized carbons (Fsp3) is 0. The second-order valence-electron chi connectivity index (χ2n) is 0.429. The maximum atomic E-state index is 11.0. The van der Waals surface area contributed by atoms with E-state index in [1.165, 1.54) is 0 Å². The Balaban J connectivity index is 2.97. The summed E-state index contributed by atoms with van der Waals surface area (Å²) in [6.45, 7) is -1.04. The van der Waals surface area contributed by atoms with Crippen molar-refractivity contribution in [1.82, 2.24) is 0 Å². The topological polar surface area (TPSA) is 26.0 Å². The van der Waals surface area contributed by atoms with Gasteiger partial charge in [-0.3, -0.25) is 0 Å². The molecule has 5 heteroatoms. The number of halogens is 1. The first-order chi connectivity index (χ1) is 2.27. The van der Waals surface area contributed by atoms with E-state index >= 15 is 0 Å². The molecule has 1 nitrogen and oxygen atoms in total. The molecule has 5 heavy (non-hydrogen) atoms. The van der Waals surface area contributed by atoms with Crippen LogP contribution >= 0.6 is 23.8 Å². The summed E-state index contributed by atoms with van der Waals surface area (Å²) in [7, 11) is 2.90. The SMILES string of the molecule is NP(#P)PF. The molecule has 0 aliphatic carbocycles. The molecule has 0 aliphatic rings. The van der Waals surface area contributed by atoms with E-state index in [1.807, 2.05) is 0 Å². The van der Waals surface area contributed by atoms with E-state index in [0.29, 0.717) is 0 Å². The molecule has 0 spiro atoms. The number of rotatable bonds is 0. The minimum atomic E-state index is -1.04. The van der Waals surface area contributed by atoms with Crippen LogP contribution < -0.4 is 5.50 Å². The van der Waals surface area contributed by atoms with Gasteiger partial charge in [-0.2, -0.15) is 0 Å². The van der Waals surface area contributed by atoms with Gasteiger partial charge in [0.25, 0.3) is 0 Å². The second-order valence-corrected chi connectivity index (χ2v) is 5.66. The Kier molecular flexibility index (Phi) is 3.93. The maximum absolute atomic E-state index is 11.0. The van der Waals surface area contributed by atoms with E-state index in [9.17, 15) is 4.20 Å². The van der Waals surface area contributed by atoms with Gasteiger partial charge in [-0.05, 0) is 0 Å². The van der Waals surface area contributed by atoms with Crippen LogP contribution in [0.5, 0.6) is 0 Å². The monoisotopic (exact) mass is 129 g/mol. The van der Waals surface area contributed by atoms with Gasteiger partial charge in [0, 0.05) is 0 Å². The number of hydrogen-bond donors (Lipinski definition) is 1. The molecule has 0 aromatic rings. The van der Waals surface area contributed by atoms with Crippen LogP contribution in [-0.2, 0) is 0 Å². The van der Waals surface area contributed by atoms with E-state index in [2.05, 4.69) is 8.34 Å². The molecule has 30 valence electrons. The summed E-state index contributed by atoms with van der Waals surface area (Å²) in [5.74, 6) is 0. The third kappa shape index (κ3) is 5.05. The van der Waals surface area contributed by atoms with Gasteiger partial charge < -0.3 is 0 Å². The number of nitrogens with two attached hydrogens (primary N) is 1. The molecule has 0 aromatic carbocycles. The summed E-state index contributed by atoms with van der Waals surface area (Å²) in [5.41, 5.74) is 4.86. The van der Waals surface area contributed by atoms with Crippen molar-refractivity contribution >= 4 is 23.8 Å². The van der Waals surface area contributed by atoms with E-state index in [4.69, 9.17) is 5.50 Å². The van der Waals surface area contributed by atoms with Gasteiger partial charge in [-0.25, -0.2) is 0 Å². The van der Waals surface area contributed by atoms with Crippen molar-refractivity contribution in [1.29, 1.82) is 0 Å². The van der Waals surface area contributed by atoms with Crippen LogP contribution in [0.2, 0.25) is 0 Å². The van der Waals surface area contributed by atoms with Crippen molar-refractivity contribution < 1.29 is 4.20 Å². The van der Waals surface area contributed by atoms with Gasteiger partial charge in [0.15, 0.2) is 0 Å². The Hall–Kier alpha value is 1.05. The minimum absolute atomic E-state index is 0.679. The van der Waals surface area contributed by atoms with Crippen LogP contribution in [0.4, 0.5) is 4.20 Å².